The van der Waals surface area contributed by atoms with Gasteiger partial charge in [0.15, 0.2) is 11.5 Å². The number of fused-ring (bicyclic) bond motifs is 1. The van der Waals surface area contributed by atoms with E-state index in [0.717, 1.165) is 11.3 Å². The first-order valence-electron chi connectivity index (χ1n) is 10.1. The van der Waals surface area contributed by atoms with Gasteiger partial charge in [-0.2, -0.15) is 0 Å². The number of hydrogen-bond acceptors (Lipinski definition) is 7. The Hall–Kier alpha value is -3.88. The fourth-order valence-electron chi connectivity index (χ4n) is 3.90. The quantitative estimate of drug-likeness (QED) is 0.305. The van der Waals surface area contributed by atoms with E-state index < -0.39 is 6.04 Å². The minimum absolute atomic E-state index is 0.142. The zero-order valence-electron chi connectivity index (χ0n) is 17.3. The molecule has 0 amide bonds. The van der Waals surface area contributed by atoms with Crippen molar-refractivity contribution in [3.05, 3.63) is 70.5 Å². The molecule has 2 heterocycles. The molecular formula is C22H25N5O4. The minimum Gasteiger partial charge on any atom is -0.508 e. The summed E-state index contributed by atoms with van der Waals surface area (Å²) in [6, 6.07) is 15.1. The SMILES string of the molecule is CCOC(=O)C1Nc2c(NNc3ccccc3)c(=O)[nH]n2C(c2ccc(O)cc2)C1C. The molecule has 0 radical (unpaired) electrons. The number of hydrogen-bond donors (Lipinski definition) is 5. The number of aromatic nitrogens is 2. The average molecular weight is 423 g/mol. The molecular weight excluding hydrogens is 398 g/mol. The number of nitrogens with one attached hydrogen (secondary N) is 4. The molecule has 1 aromatic heterocycles. The summed E-state index contributed by atoms with van der Waals surface area (Å²) in [6.07, 6.45) is 0. The van der Waals surface area contributed by atoms with Crippen molar-refractivity contribution in [2.75, 3.05) is 22.8 Å². The first-order chi connectivity index (χ1) is 15.0. The van der Waals surface area contributed by atoms with E-state index in [4.69, 9.17) is 4.74 Å². The summed E-state index contributed by atoms with van der Waals surface area (Å²) in [4.78, 5) is 25.5. The number of rotatable bonds is 6. The number of hydrazine groups is 1. The molecule has 0 saturated heterocycles. The van der Waals surface area contributed by atoms with Crippen molar-refractivity contribution < 1.29 is 14.6 Å². The van der Waals surface area contributed by atoms with E-state index in [1.165, 1.54) is 0 Å². The molecule has 1 aliphatic rings. The minimum atomic E-state index is -0.661. The van der Waals surface area contributed by atoms with Crippen molar-refractivity contribution in [1.82, 2.24) is 9.78 Å². The monoisotopic (exact) mass is 423 g/mol. The first kappa shape index (κ1) is 20.4. The number of benzene rings is 2. The van der Waals surface area contributed by atoms with Crippen LogP contribution in [0.5, 0.6) is 5.75 Å². The van der Waals surface area contributed by atoms with Crippen LogP contribution in [0.4, 0.5) is 17.2 Å². The Morgan fingerprint density at radius 2 is 1.84 bits per heavy atom. The number of carbonyl (C=O) groups is 1. The van der Waals surface area contributed by atoms with Gasteiger partial charge in [0, 0.05) is 5.92 Å². The number of ether oxygens (including phenoxy) is 1. The molecule has 0 bridgehead atoms. The van der Waals surface area contributed by atoms with Crippen molar-refractivity contribution in [3.8, 4) is 5.75 Å². The zero-order chi connectivity index (χ0) is 22.0. The molecule has 3 atom stereocenters. The molecule has 9 nitrogen and oxygen atoms in total. The lowest BCUT2D eigenvalue weighted by Crippen LogP contribution is -2.46. The lowest BCUT2D eigenvalue weighted by atomic mass is 9.86. The third-order valence-corrected chi connectivity index (χ3v) is 5.40. The highest BCUT2D eigenvalue weighted by molar-refractivity contribution is 5.82. The maximum absolute atomic E-state index is 12.8. The fourth-order valence-corrected chi connectivity index (χ4v) is 3.90. The molecule has 3 unspecified atom stereocenters. The van der Waals surface area contributed by atoms with Crippen LogP contribution in [-0.2, 0) is 9.53 Å². The first-order valence-corrected chi connectivity index (χ1v) is 10.1. The van der Waals surface area contributed by atoms with Gasteiger partial charge in [-0.3, -0.25) is 20.0 Å². The lowest BCUT2D eigenvalue weighted by Gasteiger charge is -2.37. The van der Waals surface area contributed by atoms with Gasteiger partial charge in [0.2, 0.25) is 0 Å². The van der Waals surface area contributed by atoms with Gasteiger partial charge in [-0.25, -0.2) is 4.79 Å². The normalized spacial score (nSPS) is 19.7. The number of nitrogens with zero attached hydrogens (tertiary/aromatic N) is 1. The van der Waals surface area contributed by atoms with E-state index in [2.05, 4.69) is 21.3 Å². The topological polar surface area (TPSA) is 120 Å². The van der Waals surface area contributed by atoms with Gasteiger partial charge in [0.25, 0.3) is 5.56 Å². The van der Waals surface area contributed by atoms with Crippen molar-refractivity contribution >= 4 is 23.2 Å². The standard InChI is InChI=1S/C22H25N5O4/c1-3-31-22(30)17-13(2)19(14-9-11-16(28)12-10-14)27-20(23-17)18(21(29)26-27)25-24-15-7-5-4-6-8-15/h4-13,17,19,23-25,28H,3H2,1-2H3,(H,26,29). The molecule has 1 aliphatic heterocycles. The summed E-state index contributed by atoms with van der Waals surface area (Å²) in [6.45, 7) is 3.93. The van der Waals surface area contributed by atoms with Crippen molar-refractivity contribution in [3.63, 3.8) is 0 Å². The maximum atomic E-state index is 12.8. The van der Waals surface area contributed by atoms with Gasteiger partial charge in [-0.05, 0) is 36.8 Å². The number of H-pyrrole nitrogens is 1. The molecule has 0 aliphatic carbocycles. The van der Waals surface area contributed by atoms with Gasteiger partial charge in [-0.1, -0.05) is 37.3 Å². The number of aromatic hydroxyl groups is 1. The van der Waals surface area contributed by atoms with Gasteiger partial charge < -0.3 is 20.6 Å². The molecule has 0 fully saturated rings. The number of phenolic OH excluding ortho intramolecular Hbond substituents is 1. The predicted molar refractivity (Wildman–Crippen MR) is 118 cm³/mol. The van der Waals surface area contributed by atoms with E-state index >= 15 is 0 Å². The second-order valence-corrected chi connectivity index (χ2v) is 7.42. The average Bonchev–Trinajstić information content (AvgIpc) is 3.08. The highest BCUT2D eigenvalue weighted by Crippen LogP contribution is 2.39. The van der Waals surface area contributed by atoms with E-state index in [-0.39, 0.29) is 41.5 Å². The van der Waals surface area contributed by atoms with Crippen LogP contribution < -0.4 is 21.7 Å². The molecule has 5 N–H and O–H groups in total. The number of aromatic amines is 1. The second kappa shape index (κ2) is 8.47. The van der Waals surface area contributed by atoms with Crippen LogP contribution in [0.15, 0.2) is 59.4 Å². The third-order valence-electron chi connectivity index (χ3n) is 5.40. The summed E-state index contributed by atoms with van der Waals surface area (Å²) < 4.78 is 6.98. The van der Waals surface area contributed by atoms with Gasteiger partial charge in [-0.15, -0.1) is 0 Å². The Labute approximate surface area is 179 Å². The molecule has 2 aromatic carbocycles. The molecule has 31 heavy (non-hydrogen) atoms. The van der Waals surface area contributed by atoms with Crippen LogP contribution in [0, 0.1) is 5.92 Å². The van der Waals surface area contributed by atoms with Crippen LogP contribution in [-0.4, -0.2) is 33.5 Å². The number of carbonyl (C=O) groups excluding carboxylic acids is 1. The lowest BCUT2D eigenvalue weighted by molar-refractivity contribution is -0.145. The van der Waals surface area contributed by atoms with Crippen LogP contribution in [0.3, 0.4) is 0 Å². The summed E-state index contributed by atoms with van der Waals surface area (Å²) in [7, 11) is 0. The highest BCUT2D eigenvalue weighted by atomic mass is 16.5. The van der Waals surface area contributed by atoms with Crippen LogP contribution in [0.2, 0.25) is 0 Å². The number of anilines is 3. The molecule has 4 rings (SSSR count). The third kappa shape index (κ3) is 3.94. The highest BCUT2D eigenvalue weighted by Gasteiger charge is 2.41. The Bertz CT molecular complexity index is 1110. The molecule has 9 heteroatoms. The summed E-state index contributed by atoms with van der Waals surface area (Å²) in [5.41, 5.74) is 7.50. The molecule has 0 saturated carbocycles. The maximum Gasteiger partial charge on any atom is 0.328 e. The van der Waals surface area contributed by atoms with Crippen molar-refractivity contribution in [2.24, 2.45) is 5.92 Å². The van der Waals surface area contributed by atoms with E-state index in [0.29, 0.717) is 5.82 Å². The van der Waals surface area contributed by atoms with E-state index in [1.807, 2.05) is 37.3 Å². The summed E-state index contributed by atoms with van der Waals surface area (Å²) in [5.74, 6) is -0.0414. The summed E-state index contributed by atoms with van der Waals surface area (Å²) >= 11 is 0. The molecule has 0 spiro atoms. The number of phenols is 1. The summed E-state index contributed by atoms with van der Waals surface area (Å²) in [5, 5.41) is 15.7. The van der Waals surface area contributed by atoms with Crippen LogP contribution in [0.25, 0.3) is 0 Å². The fraction of sp³-hybridized carbons (Fsp3) is 0.273. The number of esters is 1. The Balaban J connectivity index is 1.75. The Morgan fingerprint density at radius 1 is 1.13 bits per heavy atom. The van der Waals surface area contributed by atoms with Gasteiger partial charge >= 0.3 is 5.97 Å². The van der Waals surface area contributed by atoms with Gasteiger partial charge in [0.1, 0.15) is 11.8 Å². The van der Waals surface area contributed by atoms with E-state index in [1.54, 1.807) is 35.9 Å². The predicted octanol–water partition coefficient (Wildman–Crippen LogP) is 2.90. The molecule has 162 valence electrons. The van der Waals surface area contributed by atoms with E-state index in [9.17, 15) is 14.7 Å². The largest absolute Gasteiger partial charge is 0.508 e. The van der Waals surface area contributed by atoms with Crippen molar-refractivity contribution in [1.29, 1.82) is 0 Å². The van der Waals surface area contributed by atoms with Crippen LogP contribution >= 0.6 is 0 Å². The number of para-hydroxylation sites is 1. The van der Waals surface area contributed by atoms with Crippen LogP contribution in [0.1, 0.15) is 25.5 Å². The smallest absolute Gasteiger partial charge is 0.328 e. The van der Waals surface area contributed by atoms with Gasteiger partial charge in [0.05, 0.1) is 18.3 Å². The zero-order valence-corrected chi connectivity index (χ0v) is 17.3. The Kier molecular flexibility index (Phi) is 5.57. The van der Waals surface area contributed by atoms with Crippen molar-refractivity contribution in [2.45, 2.75) is 25.9 Å². The Morgan fingerprint density at radius 3 is 2.52 bits per heavy atom. The second-order valence-electron chi connectivity index (χ2n) is 7.42. The molecule has 3 aromatic rings.